The van der Waals surface area contributed by atoms with Crippen LogP contribution < -0.4 is 18.9 Å². The van der Waals surface area contributed by atoms with Crippen LogP contribution in [-0.4, -0.2) is 53.9 Å². The van der Waals surface area contributed by atoms with Gasteiger partial charge in [0.15, 0.2) is 22.9 Å². The first-order valence-electron chi connectivity index (χ1n) is 9.14. The van der Waals surface area contributed by atoms with Crippen molar-refractivity contribution in [3.05, 3.63) is 42.4 Å². The molecule has 4 aromatic rings. The van der Waals surface area contributed by atoms with Crippen LogP contribution in [0, 0.1) is 0 Å². The van der Waals surface area contributed by atoms with E-state index in [4.69, 9.17) is 18.7 Å². The van der Waals surface area contributed by atoms with Gasteiger partial charge in [-0.25, -0.2) is 13.4 Å². The van der Waals surface area contributed by atoms with Gasteiger partial charge in [0.1, 0.15) is 30.0 Å². The van der Waals surface area contributed by atoms with Crippen LogP contribution in [0.1, 0.15) is 5.69 Å². The largest absolute Gasteiger partial charge is 0.486 e. The van der Waals surface area contributed by atoms with Gasteiger partial charge in [-0.05, 0) is 12.1 Å². The Hall–Kier alpha value is -3.87. The SMILES string of the molecule is COc1nc(Cn2nccn2)cc2onc(NS(=O)(=O)c3cccc4c3OCCO4)c12. The molecule has 0 radical (unpaired) electrons. The van der Waals surface area contributed by atoms with Gasteiger partial charge in [-0.1, -0.05) is 11.2 Å². The van der Waals surface area contributed by atoms with Crippen molar-refractivity contribution in [2.24, 2.45) is 0 Å². The molecule has 1 aromatic carbocycles. The standard InChI is InChI=1S/C18H16N6O6S/c1-27-18-15-13(9-11(21-18)10-24-19-5-6-20-24)30-22-17(15)23-31(25,26)14-4-2-3-12-16(14)29-8-7-28-12/h2-6,9H,7-8,10H2,1H3,(H,22,23). The highest BCUT2D eigenvalue weighted by Crippen LogP contribution is 2.38. The molecule has 0 unspecified atom stereocenters. The summed E-state index contributed by atoms with van der Waals surface area (Å²) in [5.74, 6) is 0.592. The highest BCUT2D eigenvalue weighted by molar-refractivity contribution is 7.92. The lowest BCUT2D eigenvalue weighted by Gasteiger charge is -2.20. The average molecular weight is 444 g/mol. The van der Waals surface area contributed by atoms with Crippen molar-refractivity contribution in [1.29, 1.82) is 0 Å². The van der Waals surface area contributed by atoms with E-state index in [9.17, 15) is 8.42 Å². The molecule has 0 saturated heterocycles. The minimum absolute atomic E-state index is 0.0579. The summed E-state index contributed by atoms with van der Waals surface area (Å²) in [6.07, 6.45) is 3.10. The molecule has 0 aliphatic carbocycles. The third kappa shape index (κ3) is 3.48. The highest BCUT2D eigenvalue weighted by atomic mass is 32.2. The minimum Gasteiger partial charge on any atom is -0.486 e. The van der Waals surface area contributed by atoms with Crippen molar-refractivity contribution in [3.8, 4) is 17.4 Å². The van der Waals surface area contributed by atoms with Crippen LogP contribution >= 0.6 is 0 Å². The molecule has 160 valence electrons. The van der Waals surface area contributed by atoms with E-state index in [0.717, 1.165) is 0 Å². The fourth-order valence-corrected chi connectivity index (χ4v) is 4.35. The molecule has 0 atom stereocenters. The summed E-state index contributed by atoms with van der Waals surface area (Å²) in [6.45, 7) is 0.865. The Bertz CT molecular complexity index is 1350. The normalized spacial score (nSPS) is 13.3. The molecule has 13 heteroatoms. The molecule has 0 fully saturated rings. The number of nitrogens with one attached hydrogen (secondary N) is 1. The van der Waals surface area contributed by atoms with Crippen LogP contribution in [0.15, 0.2) is 46.1 Å². The highest BCUT2D eigenvalue weighted by Gasteiger charge is 2.28. The Balaban J connectivity index is 1.52. The third-order valence-corrected chi connectivity index (χ3v) is 5.85. The van der Waals surface area contributed by atoms with Crippen LogP contribution in [0.2, 0.25) is 0 Å². The molecule has 12 nitrogen and oxygen atoms in total. The molecule has 1 aliphatic rings. The lowest BCUT2D eigenvalue weighted by molar-refractivity contribution is 0.167. The summed E-state index contributed by atoms with van der Waals surface area (Å²) in [4.78, 5) is 5.76. The van der Waals surface area contributed by atoms with E-state index in [0.29, 0.717) is 23.6 Å². The summed E-state index contributed by atoms with van der Waals surface area (Å²) in [5.41, 5.74) is 0.843. The molecule has 0 amide bonds. The summed E-state index contributed by atoms with van der Waals surface area (Å²) >= 11 is 0. The predicted octanol–water partition coefficient (Wildman–Crippen LogP) is 1.44. The lowest BCUT2D eigenvalue weighted by Crippen LogP contribution is -2.20. The maximum atomic E-state index is 13.1. The number of methoxy groups -OCH3 is 1. The van der Waals surface area contributed by atoms with Crippen LogP contribution in [-0.2, 0) is 16.6 Å². The molecule has 1 aliphatic heterocycles. The number of benzene rings is 1. The van der Waals surface area contributed by atoms with E-state index >= 15 is 0 Å². The maximum absolute atomic E-state index is 13.1. The summed E-state index contributed by atoms with van der Waals surface area (Å²) in [6, 6.07) is 6.25. The van der Waals surface area contributed by atoms with Gasteiger partial charge in [-0.3, -0.25) is 4.72 Å². The van der Waals surface area contributed by atoms with Gasteiger partial charge in [0.2, 0.25) is 5.88 Å². The van der Waals surface area contributed by atoms with Crippen molar-refractivity contribution >= 4 is 26.8 Å². The summed E-state index contributed by atoms with van der Waals surface area (Å²) in [7, 11) is -2.66. The Kier molecular flexibility index (Phi) is 4.58. The number of hydrogen-bond acceptors (Lipinski definition) is 10. The van der Waals surface area contributed by atoms with Crippen molar-refractivity contribution in [2.75, 3.05) is 25.0 Å². The van der Waals surface area contributed by atoms with Crippen LogP contribution in [0.25, 0.3) is 11.0 Å². The van der Waals surface area contributed by atoms with E-state index in [-0.39, 0.29) is 40.9 Å². The second-order valence-corrected chi connectivity index (χ2v) is 8.12. The smallest absolute Gasteiger partial charge is 0.266 e. The van der Waals surface area contributed by atoms with Crippen LogP contribution in [0.4, 0.5) is 5.82 Å². The van der Waals surface area contributed by atoms with Crippen LogP contribution in [0.3, 0.4) is 0 Å². The van der Waals surface area contributed by atoms with Gasteiger partial charge in [0.05, 0.1) is 25.2 Å². The maximum Gasteiger partial charge on any atom is 0.266 e. The van der Waals surface area contributed by atoms with Gasteiger partial charge in [0.25, 0.3) is 10.0 Å². The first-order chi connectivity index (χ1) is 15.0. The molecule has 4 heterocycles. The van der Waals surface area contributed by atoms with Gasteiger partial charge in [-0.15, -0.1) is 0 Å². The molecule has 31 heavy (non-hydrogen) atoms. The molecule has 3 aromatic heterocycles. The van der Waals surface area contributed by atoms with Crippen LogP contribution in [0.5, 0.6) is 17.4 Å². The number of ether oxygens (including phenoxy) is 3. The zero-order chi connectivity index (χ0) is 21.4. The van der Waals surface area contributed by atoms with Gasteiger partial charge >= 0.3 is 0 Å². The first-order valence-corrected chi connectivity index (χ1v) is 10.6. The van der Waals surface area contributed by atoms with Gasteiger partial charge < -0.3 is 18.7 Å². The summed E-state index contributed by atoms with van der Waals surface area (Å²) < 4.78 is 50.3. The van der Waals surface area contributed by atoms with Crippen molar-refractivity contribution < 1.29 is 27.2 Å². The number of para-hydroxylation sites is 1. The zero-order valence-electron chi connectivity index (χ0n) is 16.2. The minimum atomic E-state index is -4.08. The number of rotatable bonds is 6. The van der Waals surface area contributed by atoms with Crippen molar-refractivity contribution in [3.63, 3.8) is 0 Å². The average Bonchev–Trinajstić information content (AvgIpc) is 3.43. The molecule has 0 saturated carbocycles. The molecule has 0 bridgehead atoms. The van der Waals surface area contributed by atoms with Gasteiger partial charge in [0, 0.05) is 6.07 Å². The summed E-state index contributed by atoms with van der Waals surface area (Å²) in [5, 5.41) is 12.2. The fourth-order valence-electron chi connectivity index (χ4n) is 3.19. The van der Waals surface area contributed by atoms with E-state index in [2.05, 4.69) is 25.1 Å². The number of fused-ring (bicyclic) bond motifs is 2. The monoisotopic (exact) mass is 444 g/mol. The predicted molar refractivity (Wildman–Crippen MR) is 106 cm³/mol. The number of nitrogens with zero attached hydrogens (tertiary/aromatic N) is 5. The number of anilines is 1. The Morgan fingerprint density at radius 1 is 1.19 bits per heavy atom. The second kappa shape index (κ2) is 7.43. The molecule has 5 rings (SSSR count). The number of aromatic nitrogens is 5. The fraction of sp³-hybridized carbons (Fsp3) is 0.222. The quantitative estimate of drug-likeness (QED) is 0.464. The van der Waals surface area contributed by atoms with E-state index in [1.54, 1.807) is 30.6 Å². The molecular weight excluding hydrogens is 428 g/mol. The Morgan fingerprint density at radius 3 is 2.81 bits per heavy atom. The first kappa shape index (κ1) is 19.1. The van der Waals surface area contributed by atoms with E-state index in [1.807, 2.05) is 0 Å². The van der Waals surface area contributed by atoms with Crippen molar-refractivity contribution in [1.82, 2.24) is 25.1 Å². The van der Waals surface area contributed by atoms with E-state index in [1.165, 1.54) is 18.0 Å². The zero-order valence-corrected chi connectivity index (χ0v) is 17.0. The third-order valence-electron chi connectivity index (χ3n) is 4.49. The second-order valence-electron chi connectivity index (χ2n) is 6.47. The Labute approximate surface area is 175 Å². The van der Waals surface area contributed by atoms with E-state index < -0.39 is 10.0 Å². The number of hydrogen-bond donors (Lipinski definition) is 1. The van der Waals surface area contributed by atoms with Gasteiger partial charge in [-0.2, -0.15) is 15.0 Å². The Morgan fingerprint density at radius 2 is 2.00 bits per heavy atom. The number of pyridine rings is 1. The molecular formula is C18H16N6O6S. The topological polar surface area (TPSA) is 143 Å². The molecule has 0 spiro atoms. The van der Waals surface area contributed by atoms with Crippen molar-refractivity contribution in [2.45, 2.75) is 11.4 Å². The number of sulfonamides is 1. The molecule has 1 N–H and O–H groups in total. The lowest BCUT2D eigenvalue weighted by atomic mass is 10.2.